The first kappa shape index (κ1) is 13.7. The zero-order valence-corrected chi connectivity index (χ0v) is 10.4. The maximum atomic E-state index is 11.9. The van der Waals surface area contributed by atoms with Gasteiger partial charge in [-0.05, 0) is 29.6 Å². The molecular formula is C12H12N4O4. The van der Waals surface area contributed by atoms with Crippen molar-refractivity contribution < 1.29 is 19.8 Å². The number of aromatic carboxylic acids is 1. The molecule has 104 valence electrons. The minimum absolute atomic E-state index is 0.0523. The van der Waals surface area contributed by atoms with Gasteiger partial charge in [0.25, 0.3) is 0 Å². The van der Waals surface area contributed by atoms with Crippen LogP contribution < -0.4 is 4.90 Å². The van der Waals surface area contributed by atoms with Crippen LogP contribution in [0.4, 0.5) is 5.69 Å². The Morgan fingerprint density at radius 1 is 1.55 bits per heavy atom. The number of carbonyl (C=O) groups excluding carboxylic acids is 1. The first-order chi connectivity index (χ1) is 9.52. The molecule has 0 aromatic heterocycles. The lowest BCUT2D eigenvalue weighted by Crippen LogP contribution is -2.24. The molecule has 8 nitrogen and oxygen atoms in total. The number of azide groups is 1. The summed E-state index contributed by atoms with van der Waals surface area (Å²) in [4.78, 5) is 26.7. The van der Waals surface area contributed by atoms with Crippen molar-refractivity contribution in [2.24, 2.45) is 11.0 Å². The highest BCUT2D eigenvalue weighted by Crippen LogP contribution is 2.33. The van der Waals surface area contributed by atoms with Gasteiger partial charge in [0.05, 0.1) is 11.3 Å². The Kier molecular flexibility index (Phi) is 3.76. The SMILES string of the molecule is [N-]=[N+]=NCC1CC(=O)N(c2ccc(C(=O)O)cc2O)C1. The van der Waals surface area contributed by atoms with Crippen LogP contribution in [0.2, 0.25) is 0 Å². The Morgan fingerprint density at radius 2 is 2.30 bits per heavy atom. The highest BCUT2D eigenvalue weighted by Gasteiger charge is 2.31. The highest BCUT2D eigenvalue weighted by atomic mass is 16.4. The lowest BCUT2D eigenvalue weighted by Gasteiger charge is -2.18. The van der Waals surface area contributed by atoms with Gasteiger partial charge in [-0.15, -0.1) is 0 Å². The summed E-state index contributed by atoms with van der Waals surface area (Å²) >= 11 is 0. The van der Waals surface area contributed by atoms with E-state index in [2.05, 4.69) is 10.0 Å². The molecule has 1 saturated heterocycles. The second kappa shape index (κ2) is 5.50. The topological polar surface area (TPSA) is 127 Å². The van der Waals surface area contributed by atoms with Crippen LogP contribution in [0.1, 0.15) is 16.8 Å². The summed E-state index contributed by atoms with van der Waals surface area (Å²) in [5.74, 6) is -1.71. The molecule has 0 saturated carbocycles. The van der Waals surface area contributed by atoms with Crippen molar-refractivity contribution in [3.05, 3.63) is 34.2 Å². The number of carboxylic acid groups (broad SMARTS) is 1. The number of carboxylic acids is 1. The standard InChI is InChI=1S/C12H12N4O4/c13-15-14-5-7-3-11(18)16(6-7)9-2-1-8(12(19)20)4-10(9)17/h1-2,4,7,17H,3,5-6H2,(H,19,20). The highest BCUT2D eigenvalue weighted by molar-refractivity contribution is 5.98. The smallest absolute Gasteiger partial charge is 0.335 e. The lowest BCUT2D eigenvalue weighted by atomic mass is 10.1. The van der Waals surface area contributed by atoms with Crippen molar-refractivity contribution in [1.82, 2.24) is 0 Å². The second-order valence-electron chi connectivity index (χ2n) is 4.50. The van der Waals surface area contributed by atoms with Crippen molar-refractivity contribution in [1.29, 1.82) is 0 Å². The molecule has 1 aromatic carbocycles. The molecule has 2 rings (SSSR count). The fraction of sp³-hybridized carbons (Fsp3) is 0.333. The predicted molar refractivity (Wildman–Crippen MR) is 69.5 cm³/mol. The Labute approximate surface area is 113 Å². The number of phenols is 1. The molecule has 1 heterocycles. The maximum absolute atomic E-state index is 11.9. The van der Waals surface area contributed by atoms with Crippen molar-refractivity contribution in [2.45, 2.75) is 6.42 Å². The van der Waals surface area contributed by atoms with Crippen molar-refractivity contribution in [3.8, 4) is 5.75 Å². The van der Waals surface area contributed by atoms with Crippen LogP contribution in [-0.4, -0.2) is 35.2 Å². The van der Waals surface area contributed by atoms with Crippen LogP contribution in [0.3, 0.4) is 0 Å². The first-order valence-corrected chi connectivity index (χ1v) is 5.90. The van der Waals surface area contributed by atoms with E-state index in [0.29, 0.717) is 6.54 Å². The van der Waals surface area contributed by atoms with E-state index in [-0.39, 0.29) is 41.8 Å². The Hall–Kier alpha value is -2.73. The molecular weight excluding hydrogens is 264 g/mol. The van der Waals surface area contributed by atoms with Gasteiger partial charge in [0.2, 0.25) is 5.91 Å². The number of nitrogens with zero attached hydrogens (tertiary/aromatic N) is 4. The van der Waals surface area contributed by atoms with Gasteiger partial charge in [0.1, 0.15) is 5.75 Å². The van der Waals surface area contributed by atoms with Crippen molar-refractivity contribution in [2.75, 3.05) is 18.0 Å². The number of rotatable bonds is 4. The zero-order chi connectivity index (χ0) is 14.7. The van der Waals surface area contributed by atoms with Gasteiger partial charge < -0.3 is 15.1 Å². The van der Waals surface area contributed by atoms with E-state index in [1.165, 1.54) is 17.0 Å². The summed E-state index contributed by atoms with van der Waals surface area (Å²) in [6, 6.07) is 3.82. The lowest BCUT2D eigenvalue weighted by molar-refractivity contribution is -0.117. The predicted octanol–water partition coefficient (Wildman–Crippen LogP) is 1.75. The first-order valence-electron chi connectivity index (χ1n) is 5.90. The van der Waals surface area contributed by atoms with E-state index in [1.807, 2.05) is 0 Å². The number of carbonyl (C=O) groups is 2. The number of hydrogen-bond donors (Lipinski definition) is 2. The molecule has 0 spiro atoms. The number of phenolic OH excluding ortho intramolecular Hbond substituents is 1. The molecule has 1 unspecified atom stereocenters. The zero-order valence-electron chi connectivity index (χ0n) is 10.4. The van der Waals surface area contributed by atoms with E-state index in [1.54, 1.807) is 0 Å². The van der Waals surface area contributed by atoms with E-state index in [9.17, 15) is 14.7 Å². The number of benzene rings is 1. The molecule has 20 heavy (non-hydrogen) atoms. The number of anilines is 1. The van der Waals surface area contributed by atoms with E-state index < -0.39 is 5.97 Å². The average molecular weight is 276 g/mol. The van der Waals surface area contributed by atoms with Gasteiger partial charge >= 0.3 is 5.97 Å². The van der Waals surface area contributed by atoms with Crippen molar-refractivity contribution >= 4 is 17.6 Å². The number of hydrogen-bond acceptors (Lipinski definition) is 4. The van der Waals surface area contributed by atoms with Gasteiger partial charge in [-0.2, -0.15) is 0 Å². The summed E-state index contributed by atoms with van der Waals surface area (Å²) in [6.07, 6.45) is 0.235. The summed E-state index contributed by atoms with van der Waals surface area (Å²) < 4.78 is 0. The third-order valence-corrected chi connectivity index (χ3v) is 3.12. The minimum atomic E-state index is -1.15. The van der Waals surface area contributed by atoms with Crippen LogP contribution >= 0.6 is 0 Å². The van der Waals surface area contributed by atoms with Gasteiger partial charge in [0, 0.05) is 24.4 Å². The molecule has 1 aliphatic heterocycles. The summed E-state index contributed by atoms with van der Waals surface area (Å²) in [5.41, 5.74) is 8.48. The number of aromatic hydroxyl groups is 1. The largest absolute Gasteiger partial charge is 0.506 e. The molecule has 1 aromatic rings. The molecule has 0 radical (unpaired) electrons. The molecule has 1 fully saturated rings. The van der Waals surface area contributed by atoms with E-state index in [0.717, 1.165) is 6.07 Å². The molecule has 8 heteroatoms. The average Bonchev–Trinajstić information content (AvgIpc) is 2.77. The summed E-state index contributed by atoms with van der Waals surface area (Å²) in [6.45, 7) is 0.546. The molecule has 1 aliphatic rings. The van der Waals surface area contributed by atoms with Crippen LogP contribution in [0, 0.1) is 5.92 Å². The van der Waals surface area contributed by atoms with Gasteiger partial charge in [-0.25, -0.2) is 4.79 Å². The molecule has 1 amide bonds. The van der Waals surface area contributed by atoms with Gasteiger partial charge in [-0.3, -0.25) is 4.79 Å². The Morgan fingerprint density at radius 3 is 2.90 bits per heavy atom. The quantitative estimate of drug-likeness (QED) is 0.493. The molecule has 0 aliphatic carbocycles. The summed E-state index contributed by atoms with van der Waals surface area (Å²) in [7, 11) is 0. The van der Waals surface area contributed by atoms with Crippen LogP contribution in [0.15, 0.2) is 23.3 Å². The third kappa shape index (κ3) is 2.65. The normalized spacial score (nSPS) is 17.9. The van der Waals surface area contributed by atoms with Gasteiger partial charge in [-0.1, -0.05) is 5.11 Å². The minimum Gasteiger partial charge on any atom is -0.506 e. The van der Waals surface area contributed by atoms with E-state index >= 15 is 0 Å². The molecule has 1 atom stereocenters. The van der Waals surface area contributed by atoms with Crippen molar-refractivity contribution in [3.63, 3.8) is 0 Å². The van der Waals surface area contributed by atoms with Crippen LogP contribution in [0.25, 0.3) is 10.4 Å². The Bertz CT molecular complexity index is 609. The summed E-state index contributed by atoms with van der Waals surface area (Å²) in [5, 5.41) is 22.1. The molecule has 0 bridgehead atoms. The van der Waals surface area contributed by atoms with Gasteiger partial charge in [0.15, 0.2) is 0 Å². The fourth-order valence-corrected chi connectivity index (χ4v) is 2.17. The van der Waals surface area contributed by atoms with Crippen LogP contribution in [0.5, 0.6) is 5.75 Å². The Balaban J connectivity index is 2.21. The monoisotopic (exact) mass is 276 g/mol. The van der Waals surface area contributed by atoms with E-state index in [4.69, 9.17) is 10.6 Å². The number of amides is 1. The third-order valence-electron chi connectivity index (χ3n) is 3.12. The second-order valence-corrected chi connectivity index (χ2v) is 4.50. The molecule has 2 N–H and O–H groups in total. The maximum Gasteiger partial charge on any atom is 0.335 e. The fourth-order valence-electron chi connectivity index (χ4n) is 2.17. The van der Waals surface area contributed by atoms with Crippen LogP contribution in [-0.2, 0) is 4.79 Å².